The Bertz CT molecular complexity index is 582. The third-order valence-corrected chi connectivity index (χ3v) is 3.56. The van der Waals surface area contributed by atoms with Crippen LogP contribution in [0.3, 0.4) is 0 Å². The van der Waals surface area contributed by atoms with Crippen molar-refractivity contribution in [2.24, 2.45) is 0 Å². The summed E-state index contributed by atoms with van der Waals surface area (Å²) in [6, 6.07) is 7.79. The van der Waals surface area contributed by atoms with Crippen LogP contribution in [-0.4, -0.2) is 29.1 Å². The highest BCUT2D eigenvalue weighted by molar-refractivity contribution is 5.94. The highest BCUT2D eigenvalue weighted by Gasteiger charge is 2.13. The molecule has 1 aliphatic heterocycles. The van der Waals surface area contributed by atoms with Crippen LogP contribution < -0.4 is 4.90 Å². The first-order valence-corrected chi connectivity index (χ1v) is 6.35. The number of aromatic nitrogens is 1. The van der Waals surface area contributed by atoms with Gasteiger partial charge in [0, 0.05) is 29.7 Å². The SMILES string of the molecule is O=C(O)c1cc2ccc(N3CCCCC3)cc2[nH]1. The minimum absolute atomic E-state index is 0.251. The number of hydrogen-bond acceptors (Lipinski definition) is 2. The number of aromatic amines is 1. The summed E-state index contributed by atoms with van der Waals surface area (Å²) in [6.45, 7) is 2.19. The van der Waals surface area contributed by atoms with E-state index in [9.17, 15) is 4.79 Å². The van der Waals surface area contributed by atoms with Crippen LogP contribution >= 0.6 is 0 Å². The van der Waals surface area contributed by atoms with Crippen LogP contribution in [0.15, 0.2) is 24.3 Å². The fourth-order valence-corrected chi connectivity index (χ4v) is 2.58. The second kappa shape index (κ2) is 4.37. The lowest BCUT2D eigenvalue weighted by Gasteiger charge is -2.28. The number of benzene rings is 1. The standard InChI is InChI=1S/C14H16N2O2/c17-14(18)13-8-10-4-5-11(9-12(10)15-13)16-6-2-1-3-7-16/h4-5,8-9,15H,1-3,6-7H2,(H,17,18). The molecular weight excluding hydrogens is 228 g/mol. The van der Waals surface area contributed by atoms with Crippen LogP contribution in [0, 0.1) is 0 Å². The van der Waals surface area contributed by atoms with E-state index in [2.05, 4.69) is 16.0 Å². The summed E-state index contributed by atoms with van der Waals surface area (Å²) < 4.78 is 0. The van der Waals surface area contributed by atoms with Gasteiger partial charge in [-0.05, 0) is 37.5 Å². The van der Waals surface area contributed by atoms with Gasteiger partial charge in [-0.3, -0.25) is 0 Å². The third-order valence-electron chi connectivity index (χ3n) is 3.56. The first-order chi connectivity index (χ1) is 8.74. The second-order valence-electron chi connectivity index (χ2n) is 4.81. The molecule has 0 saturated carbocycles. The van der Waals surface area contributed by atoms with Crippen LogP contribution in [0.5, 0.6) is 0 Å². The van der Waals surface area contributed by atoms with Crippen LogP contribution in [-0.2, 0) is 0 Å². The summed E-state index contributed by atoms with van der Waals surface area (Å²) in [4.78, 5) is 16.2. The fraction of sp³-hybridized carbons (Fsp3) is 0.357. The minimum Gasteiger partial charge on any atom is -0.477 e. The van der Waals surface area contributed by atoms with E-state index in [1.54, 1.807) is 6.07 Å². The zero-order valence-electron chi connectivity index (χ0n) is 10.1. The molecule has 0 atom stereocenters. The van der Waals surface area contributed by atoms with E-state index in [4.69, 9.17) is 5.11 Å². The van der Waals surface area contributed by atoms with Gasteiger partial charge in [-0.2, -0.15) is 0 Å². The number of anilines is 1. The van der Waals surface area contributed by atoms with Gasteiger partial charge in [0.15, 0.2) is 0 Å². The Morgan fingerprint density at radius 2 is 1.94 bits per heavy atom. The molecular formula is C14H16N2O2. The monoisotopic (exact) mass is 244 g/mol. The molecule has 0 unspecified atom stereocenters. The number of carboxylic acid groups (broad SMARTS) is 1. The van der Waals surface area contributed by atoms with Crippen LogP contribution in [0.1, 0.15) is 29.8 Å². The Hall–Kier alpha value is -1.97. The minimum atomic E-state index is -0.911. The maximum Gasteiger partial charge on any atom is 0.352 e. The highest BCUT2D eigenvalue weighted by atomic mass is 16.4. The number of fused-ring (bicyclic) bond motifs is 1. The largest absolute Gasteiger partial charge is 0.477 e. The topological polar surface area (TPSA) is 56.3 Å². The van der Waals surface area contributed by atoms with Crippen molar-refractivity contribution in [3.8, 4) is 0 Å². The lowest BCUT2D eigenvalue weighted by Crippen LogP contribution is -2.29. The van der Waals surface area contributed by atoms with Gasteiger partial charge in [-0.25, -0.2) is 4.79 Å². The average molecular weight is 244 g/mol. The molecule has 0 aliphatic carbocycles. The lowest BCUT2D eigenvalue weighted by atomic mass is 10.1. The van der Waals surface area contributed by atoms with Crippen molar-refractivity contribution in [2.75, 3.05) is 18.0 Å². The fourth-order valence-electron chi connectivity index (χ4n) is 2.58. The Morgan fingerprint density at radius 1 is 1.17 bits per heavy atom. The molecule has 0 radical (unpaired) electrons. The molecule has 2 N–H and O–H groups in total. The average Bonchev–Trinajstić information content (AvgIpc) is 2.82. The summed E-state index contributed by atoms with van der Waals surface area (Å²) in [5, 5.41) is 9.91. The van der Waals surface area contributed by atoms with Gasteiger partial charge in [0.05, 0.1) is 0 Å². The molecule has 1 saturated heterocycles. The van der Waals surface area contributed by atoms with Crippen molar-refractivity contribution in [3.63, 3.8) is 0 Å². The number of carboxylic acids is 1. The number of hydrogen-bond donors (Lipinski definition) is 2. The van der Waals surface area contributed by atoms with Gasteiger partial charge in [0.2, 0.25) is 0 Å². The number of carbonyl (C=O) groups is 1. The van der Waals surface area contributed by atoms with E-state index in [-0.39, 0.29) is 5.69 Å². The summed E-state index contributed by atoms with van der Waals surface area (Å²) in [5.41, 5.74) is 2.33. The Morgan fingerprint density at radius 3 is 2.67 bits per heavy atom. The van der Waals surface area contributed by atoms with Gasteiger partial charge in [-0.15, -0.1) is 0 Å². The van der Waals surface area contributed by atoms with Crippen molar-refractivity contribution in [2.45, 2.75) is 19.3 Å². The van der Waals surface area contributed by atoms with Gasteiger partial charge >= 0.3 is 5.97 Å². The molecule has 18 heavy (non-hydrogen) atoms. The van der Waals surface area contributed by atoms with Crippen molar-refractivity contribution in [3.05, 3.63) is 30.0 Å². The van der Waals surface area contributed by atoms with Crippen molar-refractivity contribution >= 4 is 22.6 Å². The van der Waals surface area contributed by atoms with Gasteiger partial charge in [-0.1, -0.05) is 6.07 Å². The smallest absolute Gasteiger partial charge is 0.352 e. The first kappa shape index (κ1) is 11.1. The van der Waals surface area contributed by atoms with E-state index in [0.717, 1.165) is 24.0 Å². The zero-order valence-corrected chi connectivity index (χ0v) is 10.1. The number of nitrogens with zero attached hydrogens (tertiary/aromatic N) is 1. The second-order valence-corrected chi connectivity index (χ2v) is 4.81. The number of piperidine rings is 1. The Balaban J connectivity index is 1.96. The van der Waals surface area contributed by atoms with Crippen molar-refractivity contribution in [1.29, 1.82) is 0 Å². The van der Waals surface area contributed by atoms with Gasteiger partial charge in [0.1, 0.15) is 5.69 Å². The molecule has 2 heterocycles. The first-order valence-electron chi connectivity index (χ1n) is 6.35. The normalized spacial score (nSPS) is 16.1. The summed E-state index contributed by atoms with van der Waals surface area (Å²) in [6.07, 6.45) is 3.79. The molecule has 4 nitrogen and oxygen atoms in total. The van der Waals surface area contributed by atoms with E-state index in [0.29, 0.717) is 0 Å². The Kier molecular flexibility index (Phi) is 2.70. The van der Waals surface area contributed by atoms with Crippen molar-refractivity contribution < 1.29 is 9.90 Å². The molecule has 4 heteroatoms. The third kappa shape index (κ3) is 1.94. The van der Waals surface area contributed by atoms with Crippen LogP contribution in [0.2, 0.25) is 0 Å². The Labute approximate surface area is 105 Å². The molecule has 0 bridgehead atoms. The predicted octanol–water partition coefficient (Wildman–Crippen LogP) is 2.86. The highest BCUT2D eigenvalue weighted by Crippen LogP contribution is 2.25. The maximum absolute atomic E-state index is 10.9. The molecule has 1 aliphatic rings. The molecule has 2 aromatic rings. The van der Waals surface area contributed by atoms with E-state index in [1.165, 1.54) is 24.9 Å². The number of H-pyrrole nitrogens is 1. The van der Waals surface area contributed by atoms with E-state index >= 15 is 0 Å². The van der Waals surface area contributed by atoms with Crippen molar-refractivity contribution in [1.82, 2.24) is 4.98 Å². The summed E-state index contributed by atoms with van der Waals surface area (Å²) in [5.74, 6) is -0.911. The molecule has 0 spiro atoms. The quantitative estimate of drug-likeness (QED) is 0.854. The number of aromatic carboxylic acids is 1. The number of rotatable bonds is 2. The summed E-state index contributed by atoms with van der Waals surface area (Å²) >= 11 is 0. The van der Waals surface area contributed by atoms with Gasteiger partial charge < -0.3 is 15.0 Å². The number of nitrogens with one attached hydrogen (secondary N) is 1. The lowest BCUT2D eigenvalue weighted by molar-refractivity contribution is 0.0691. The molecule has 3 rings (SSSR count). The van der Waals surface area contributed by atoms with Gasteiger partial charge in [0.25, 0.3) is 0 Å². The van der Waals surface area contributed by atoms with Crippen LogP contribution in [0.4, 0.5) is 5.69 Å². The maximum atomic E-state index is 10.9. The molecule has 0 amide bonds. The summed E-state index contributed by atoms with van der Waals surface area (Å²) in [7, 11) is 0. The molecule has 1 aromatic carbocycles. The zero-order chi connectivity index (χ0) is 12.5. The van der Waals surface area contributed by atoms with E-state index in [1.807, 2.05) is 12.1 Å². The molecule has 1 fully saturated rings. The van der Waals surface area contributed by atoms with Crippen LogP contribution in [0.25, 0.3) is 10.9 Å². The molecule has 1 aromatic heterocycles. The predicted molar refractivity (Wildman–Crippen MR) is 71.3 cm³/mol. The van der Waals surface area contributed by atoms with E-state index < -0.39 is 5.97 Å². The molecule has 94 valence electrons.